The Labute approximate surface area is 127 Å². The summed E-state index contributed by atoms with van der Waals surface area (Å²) in [4.78, 5) is 0. The molecule has 0 radical (unpaired) electrons. The van der Waals surface area contributed by atoms with Crippen molar-refractivity contribution in [2.75, 3.05) is 0 Å². The van der Waals surface area contributed by atoms with Crippen LogP contribution >= 0.6 is 15.9 Å². The lowest BCUT2D eigenvalue weighted by Gasteiger charge is -2.25. The molecule has 20 heavy (non-hydrogen) atoms. The van der Waals surface area contributed by atoms with E-state index in [1.807, 2.05) is 49.4 Å². The molecule has 0 aliphatic rings. The summed E-state index contributed by atoms with van der Waals surface area (Å²) in [6.07, 6.45) is 0. The molecule has 0 bridgehead atoms. The Kier molecular flexibility index (Phi) is 3.36. The van der Waals surface area contributed by atoms with Crippen molar-refractivity contribution in [3.05, 3.63) is 82.3 Å². The van der Waals surface area contributed by atoms with E-state index < -0.39 is 5.60 Å². The molecule has 1 unspecified atom stereocenters. The van der Waals surface area contributed by atoms with Crippen molar-refractivity contribution in [1.29, 1.82) is 0 Å². The molecule has 1 nitrogen and oxygen atoms in total. The molecule has 0 spiro atoms. The third-order valence-corrected chi connectivity index (χ3v) is 4.25. The van der Waals surface area contributed by atoms with Gasteiger partial charge in [-0.2, -0.15) is 0 Å². The smallest absolute Gasteiger partial charge is 0.112 e. The van der Waals surface area contributed by atoms with Crippen LogP contribution in [0.15, 0.2) is 71.2 Å². The molecule has 0 fully saturated rings. The Bertz CT molecular complexity index is 745. The fourth-order valence-corrected chi connectivity index (χ4v) is 2.70. The van der Waals surface area contributed by atoms with E-state index in [1.165, 1.54) is 5.39 Å². The summed E-state index contributed by atoms with van der Waals surface area (Å²) in [6, 6.07) is 22.1. The SMILES string of the molecule is CC(O)(c1ccc(Br)cc1)c1ccc2ccccc2c1. The number of rotatable bonds is 2. The van der Waals surface area contributed by atoms with E-state index in [-0.39, 0.29) is 0 Å². The number of hydrogen-bond donors (Lipinski definition) is 1. The molecular formula is C18H15BrO. The van der Waals surface area contributed by atoms with Crippen molar-refractivity contribution in [1.82, 2.24) is 0 Å². The van der Waals surface area contributed by atoms with Crippen molar-refractivity contribution in [3.8, 4) is 0 Å². The van der Waals surface area contributed by atoms with Crippen LogP contribution in [0.25, 0.3) is 10.8 Å². The first-order valence-corrected chi connectivity index (χ1v) is 7.34. The summed E-state index contributed by atoms with van der Waals surface area (Å²) in [6.45, 7) is 1.83. The zero-order chi connectivity index (χ0) is 14.2. The van der Waals surface area contributed by atoms with Gasteiger partial charge in [0, 0.05) is 4.47 Å². The lowest BCUT2D eigenvalue weighted by Crippen LogP contribution is -2.22. The van der Waals surface area contributed by atoms with Crippen molar-refractivity contribution < 1.29 is 5.11 Å². The number of hydrogen-bond acceptors (Lipinski definition) is 1. The Hall–Kier alpha value is -1.64. The molecule has 0 saturated carbocycles. The largest absolute Gasteiger partial charge is 0.381 e. The summed E-state index contributed by atoms with van der Waals surface area (Å²) < 4.78 is 1.01. The van der Waals surface area contributed by atoms with Gasteiger partial charge in [-0.1, -0.05) is 64.5 Å². The molecule has 1 N–H and O–H groups in total. The summed E-state index contributed by atoms with van der Waals surface area (Å²) >= 11 is 3.42. The maximum atomic E-state index is 10.9. The second-order valence-electron chi connectivity index (χ2n) is 5.14. The molecule has 3 rings (SSSR count). The van der Waals surface area contributed by atoms with Crippen LogP contribution in [-0.2, 0) is 5.60 Å². The van der Waals surface area contributed by atoms with Gasteiger partial charge in [0.1, 0.15) is 5.60 Å². The fourth-order valence-electron chi connectivity index (χ4n) is 2.43. The highest BCUT2D eigenvalue weighted by molar-refractivity contribution is 9.10. The summed E-state index contributed by atoms with van der Waals surface area (Å²) in [5, 5.41) is 13.2. The molecule has 3 aromatic carbocycles. The summed E-state index contributed by atoms with van der Waals surface area (Å²) in [7, 11) is 0. The van der Waals surface area contributed by atoms with Crippen molar-refractivity contribution in [2.45, 2.75) is 12.5 Å². The quantitative estimate of drug-likeness (QED) is 0.713. The monoisotopic (exact) mass is 326 g/mol. The van der Waals surface area contributed by atoms with Crippen LogP contribution in [0.4, 0.5) is 0 Å². The van der Waals surface area contributed by atoms with E-state index in [0.717, 1.165) is 21.0 Å². The van der Waals surface area contributed by atoms with Crippen LogP contribution < -0.4 is 0 Å². The highest BCUT2D eigenvalue weighted by atomic mass is 79.9. The number of halogens is 1. The molecule has 3 aromatic rings. The summed E-state index contributed by atoms with van der Waals surface area (Å²) in [5.41, 5.74) is 0.791. The topological polar surface area (TPSA) is 20.2 Å². The molecule has 0 saturated heterocycles. The number of benzene rings is 3. The zero-order valence-electron chi connectivity index (χ0n) is 11.2. The van der Waals surface area contributed by atoms with E-state index in [2.05, 4.69) is 40.2 Å². The van der Waals surface area contributed by atoms with Crippen molar-refractivity contribution in [3.63, 3.8) is 0 Å². The first-order chi connectivity index (χ1) is 9.57. The molecule has 0 aliphatic carbocycles. The number of aliphatic hydroxyl groups is 1. The van der Waals surface area contributed by atoms with Gasteiger partial charge in [0.15, 0.2) is 0 Å². The van der Waals surface area contributed by atoms with Gasteiger partial charge in [0.2, 0.25) is 0 Å². The van der Waals surface area contributed by atoms with Gasteiger partial charge in [-0.25, -0.2) is 0 Å². The second-order valence-corrected chi connectivity index (χ2v) is 6.06. The minimum atomic E-state index is -0.995. The molecule has 2 heteroatoms. The van der Waals surface area contributed by atoms with Gasteiger partial charge in [-0.3, -0.25) is 0 Å². The second kappa shape index (κ2) is 5.04. The molecule has 1 atom stereocenters. The molecule has 0 aromatic heterocycles. The van der Waals surface area contributed by atoms with Crippen LogP contribution in [0.3, 0.4) is 0 Å². The predicted molar refractivity (Wildman–Crippen MR) is 86.8 cm³/mol. The highest BCUT2D eigenvalue weighted by Crippen LogP contribution is 2.31. The van der Waals surface area contributed by atoms with Crippen LogP contribution in [0.2, 0.25) is 0 Å². The summed E-state index contributed by atoms with van der Waals surface area (Å²) in [5.74, 6) is 0. The van der Waals surface area contributed by atoms with Crippen LogP contribution in [0.5, 0.6) is 0 Å². The first-order valence-electron chi connectivity index (χ1n) is 6.55. The maximum Gasteiger partial charge on any atom is 0.112 e. The van der Waals surface area contributed by atoms with E-state index in [4.69, 9.17) is 0 Å². The zero-order valence-corrected chi connectivity index (χ0v) is 12.8. The standard InChI is InChI=1S/C18H15BrO/c1-18(20,15-8-10-17(19)11-9-15)16-7-6-13-4-2-3-5-14(13)12-16/h2-12,20H,1H3. The molecule has 0 heterocycles. The third kappa shape index (κ3) is 2.37. The molecular weight excluding hydrogens is 312 g/mol. The van der Waals surface area contributed by atoms with E-state index in [9.17, 15) is 5.11 Å². The molecule has 0 amide bonds. The fraction of sp³-hybridized carbons (Fsp3) is 0.111. The Morgan fingerprint density at radius 3 is 2.10 bits per heavy atom. The van der Waals surface area contributed by atoms with Gasteiger partial charge >= 0.3 is 0 Å². The highest BCUT2D eigenvalue weighted by Gasteiger charge is 2.25. The third-order valence-electron chi connectivity index (χ3n) is 3.72. The van der Waals surface area contributed by atoms with Crippen molar-refractivity contribution in [2.24, 2.45) is 0 Å². The van der Waals surface area contributed by atoms with E-state index in [0.29, 0.717) is 0 Å². The Balaban J connectivity index is 2.10. The minimum absolute atomic E-state index is 0.885. The van der Waals surface area contributed by atoms with Crippen molar-refractivity contribution >= 4 is 26.7 Å². The normalized spacial score (nSPS) is 14.2. The van der Waals surface area contributed by atoms with E-state index >= 15 is 0 Å². The van der Waals surface area contributed by atoms with Crippen LogP contribution in [0, 0.1) is 0 Å². The Morgan fingerprint density at radius 1 is 0.800 bits per heavy atom. The predicted octanol–water partition coefficient (Wildman–Crippen LogP) is 4.86. The first kappa shape index (κ1) is 13.3. The van der Waals surface area contributed by atoms with Crippen LogP contribution in [-0.4, -0.2) is 5.11 Å². The molecule has 0 aliphatic heterocycles. The lowest BCUT2D eigenvalue weighted by atomic mass is 9.87. The van der Waals surface area contributed by atoms with Crippen LogP contribution in [0.1, 0.15) is 18.1 Å². The lowest BCUT2D eigenvalue weighted by molar-refractivity contribution is 0.102. The molecule has 100 valence electrons. The van der Waals surface area contributed by atoms with Gasteiger partial charge in [0.05, 0.1) is 0 Å². The average Bonchev–Trinajstić information content (AvgIpc) is 2.47. The van der Waals surface area contributed by atoms with Gasteiger partial charge in [-0.05, 0) is 47.0 Å². The average molecular weight is 327 g/mol. The van der Waals surface area contributed by atoms with Gasteiger partial charge in [0.25, 0.3) is 0 Å². The number of fused-ring (bicyclic) bond motifs is 1. The van der Waals surface area contributed by atoms with E-state index in [1.54, 1.807) is 0 Å². The van der Waals surface area contributed by atoms with Gasteiger partial charge < -0.3 is 5.11 Å². The maximum absolute atomic E-state index is 10.9. The Morgan fingerprint density at radius 2 is 1.40 bits per heavy atom. The minimum Gasteiger partial charge on any atom is -0.381 e. The van der Waals surface area contributed by atoms with Gasteiger partial charge in [-0.15, -0.1) is 0 Å².